The number of rotatable bonds is 2. The maximum absolute atomic E-state index is 5.65. The van der Waals surface area contributed by atoms with Crippen molar-refractivity contribution < 1.29 is 4.74 Å². The molecule has 2 heteroatoms. The average molecular weight is 226 g/mol. The van der Waals surface area contributed by atoms with Gasteiger partial charge >= 0.3 is 0 Å². The molecular weight excluding hydrogens is 210 g/mol. The van der Waals surface area contributed by atoms with E-state index in [0.717, 1.165) is 0 Å². The van der Waals surface area contributed by atoms with Crippen molar-refractivity contribution in [3.8, 4) is 11.6 Å². The summed E-state index contributed by atoms with van der Waals surface area (Å²) < 4.78 is 5.65. The van der Waals surface area contributed by atoms with Gasteiger partial charge in [0.1, 0.15) is 5.75 Å². The van der Waals surface area contributed by atoms with Crippen molar-refractivity contribution in [1.82, 2.24) is 4.98 Å². The van der Waals surface area contributed by atoms with E-state index in [4.69, 9.17) is 4.74 Å². The van der Waals surface area contributed by atoms with Crippen LogP contribution in [0.25, 0.3) is 0 Å². The molecule has 0 bridgehead atoms. The summed E-state index contributed by atoms with van der Waals surface area (Å²) in [6.45, 7) is 6.50. The van der Waals surface area contributed by atoms with E-state index in [-0.39, 0.29) is 5.41 Å². The highest BCUT2D eigenvalue weighted by molar-refractivity contribution is 5.30. The Balaban J connectivity index is 2.23. The molecule has 0 fully saturated rings. The molecule has 0 aliphatic carbocycles. The van der Waals surface area contributed by atoms with Gasteiger partial charge in [0.15, 0.2) is 0 Å². The molecule has 1 aromatic heterocycles. The molecule has 87 valence electrons. The lowest BCUT2D eigenvalue weighted by Crippen LogP contribution is -2.11. The van der Waals surface area contributed by atoms with Crippen LogP contribution in [0.15, 0.2) is 42.6 Å². The van der Waals surface area contributed by atoms with Gasteiger partial charge in [-0.3, -0.25) is 0 Å². The predicted octanol–water partition coefficient (Wildman–Crippen LogP) is 3.97. The van der Waals surface area contributed by atoms with Crippen LogP contribution in [0.2, 0.25) is 0 Å². The molecule has 0 N–H and O–H groups in total. The van der Waals surface area contributed by atoms with Gasteiger partial charge in [-0.2, -0.15) is 0 Å². The molecule has 0 saturated carbocycles. The summed E-state index contributed by atoms with van der Waals surface area (Å²) in [5.74, 6) is 1.30. The fourth-order valence-electron chi connectivity index (χ4n) is 1.48. The van der Waals surface area contributed by atoms with Crippen molar-refractivity contribution >= 4 is 0 Å². The van der Waals surface area contributed by atoms with Crippen LogP contribution in [-0.4, -0.2) is 4.98 Å². The molecule has 2 nitrogen and oxygen atoms in total. The maximum atomic E-state index is 5.65. The van der Waals surface area contributed by atoms with Gasteiger partial charge in [-0.05, 0) is 23.1 Å². The normalized spacial score (nSPS) is 11.2. The Labute approximate surface area is 102 Å². The van der Waals surface area contributed by atoms with E-state index in [1.807, 2.05) is 36.4 Å². The van der Waals surface area contributed by atoms with Crippen LogP contribution in [0.1, 0.15) is 26.3 Å². The first-order valence-electron chi connectivity index (χ1n) is 5.67. The first-order chi connectivity index (χ1) is 8.05. The largest absolute Gasteiger partial charge is 0.438 e. The monoisotopic (exact) mass is 226 g/mol. The summed E-state index contributed by atoms with van der Waals surface area (Å²) in [6.07, 6.45) is 1.78. The summed E-state index contributed by atoms with van der Waals surface area (Å²) in [5, 5.41) is 0. The number of hydrogen-bond donors (Lipinski definition) is 0. The Morgan fingerprint density at radius 3 is 2.65 bits per heavy atom. The third-order valence-electron chi connectivity index (χ3n) is 2.50. The zero-order valence-electron chi connectivity index (χ0n) is 10.4. The van der Waals surface area contributed by atoms with Crippen LogP contribution < -0.4 is 4.74 Å². The topological polar surface area (TPSA) is 22.1 Å². The second kappa shape index (κ2) is 4.58. The van der Waals surface area contributed by atoms with Gasteiger partial charge in [-0.1, -0.05) is 39.0 Å². The van der Waals surface area contributed by atoms with Gasteiger partial charge in [0.25, 0.3) is 0 Å². The predicted molar refractivity (Wildman–Crippen MR) is 68.3 cm³/mol. The Morgan fingerprint density at radius 2 is 2.00 bits per heavy atom. The summed E-state index contributed by atoms with van der Waals surface area (Å²) in [6, 6.07) is 14.5. The van der Waals surface area contributed by atoms with Crippen molar-refractivity contribution in [3.05, 3.63) is 54.2 Å². The fraction of sp³-hybridized carbons (Fsp3) is 0.267. The van der Waals surface area contributed by atoms with Crippen molar-refractivity contribution in [3.63, 3.8) is 0 Å². The first kappa shape index (κ1) is 11.6. The van der Waals surface area contributed by atoms with E-state index in [9.17, 15) is 0 Å². The third-order valence-corrected chi connectivity index (χ3v) is 2.50. The van der Waals surface area contributed by atoms with Gasteiger partial charge in [-0.25, -0.2) is 4.98 Å². The minimum atomic E-state index is 0.0987. The van der Waals surface area contributed by atoms with Crippen LogP contribution in [0.5, 0.6) is 11.6 Å². The highest BCUT2D eigenvalue weighted by Crippen LogP contribution is 2.26. The quantitative estimate of drug-likeness (QED) is 0.773. The van der Waals surface area contributed by atoms with Crippen molar-refractivity contribution in [2.24, 2.45) is 0 Å². The van der Waals surface area contributed by atoms with E-state index < -0.39 is 0 Å². The van der Waals surface area contributed by atoms with Gasteiger partial charge < -0.3 is 4.74 Å². The lowest BCUT2D eigenvalue weighted by Gasteiger charge is -2.19. The van der Waals surface area contributed by atoms with Gasteiger partial charge in [0.2, 0.25) is 5.88 Å². The molecule has 1 aromatic carbocycles. The van der Waals surface area contributed by atoms with E-state index in [0.29, 0.717) is 11.6 Å². The molecule has 0 saturated heterocycles. The van der Waals surface area contributed by atoms with Crippen molar-refractivity contribution in [2.45, 2.75) is 26.2 Å². The van der Waals surface area contributed by atoms with Crippen molar-refractivity contribution in [1.29, 1.82) is 0 Å². The minimum Gasteiger partial charge on any atom is -0.438 e. The molecule has 0 aliphatic heterocycles. The van der Waals surface area contributed by atoms with Gasteiger partial charge in [-0.15, -0.1) is 0 Å². The molecule has 1 radical (unpaired) electrons. The SMILES string of the molecule is CC(C)(C)c1ccnc(Oc2[c]cccc2)c1. The van der Waals surface area contributed by atoms with E-state index in [1.165, 1.54) is 5.56 Å². The van der Waals surface area contributed by atoms with Gasteiger partial charge in [0.05, 0.1) is 0 Å². The second-order valence-corrected chi connectivity index (χ2v) is 4.96. The number of para-hydroxylation sites is 1. The Hall–Kier alpha value is -1.83. The fourth-order valence-corrected chi connectivity index (χ4v) is 1.48. The van der Waals surface area contributed by atoms with Crippen LogP contribution >= 0.6 is 0 Å². The number of nitrogens with zero attached hydrogens (tertiary/aromatic N) is 1. The average Bonchev–Trinajstić information content (AvgIpc) is 2.29. The van der Waals surface area contributed by atoms with Crippen LogP contribution in [-0.2, 0) is 5.41 Å². The summed E-state index contributed by atoms with van der Waals surface area (Å²) in [5.41, 5.74) is 1.31. The molecule has 0 spiro atoms. The zero-order chi connectivity index (χ0) is 12.3. The highest BCUT2D eigenvalue weighted by atomic mass is 16.5. The summed E-state index contributed by atoms with van der Waals surface area (Å²) in [7, 11) is 0. The molecule has 0 unspecified atom stereocenters. The number of ether oxygens (including phenoxy) is 1. The molecule has 0 amide bonds. The molecule has 1 heterocycles. The van der Waals surface area contributed by atoms with Gasteiger partial charge in [0, 0.05) is 18.3 Å². The highest BCUT2D eigenvalue weighted by Gasteiger charge is 2.14. The number of benzene rings is 1. The molecule has 0 aliphatic rings. The number of aromatic nitrogens is 1. The van der Waals surface area contributed by atoms with Crippen LogP contribution in [0.3, 0.4) is 0 Å². The van der Waals surface area contributed by atoms with Crippen molar-refractivity contribution in [2.75, 3.05) is 0 Å². The lowest BCUT2D eigenvalue weighted by atomic mass is 9.88. The summed E-state index contributed by atoms with van der Waals surface area (Å²) >= 11 is 0. The standard InChI is InChI=1S/C15H16NO/c1-15(2,3)12-9-10-16-14(11-12)17-13-7-5-4-6-8-13/h4-7,9-11H,1-3H3. The number of pyridine rings is 1. The molecule has 0 atom stereocenters. The Kier molecular flexibility index (Phi) is 3.14. The zero-order valence-corrected chi connectivity index (χ0v) is 10.4. The molecule has 17 heavy (non-hydrogen) atoms. The van der Waals surface area contributed by atoms with Crippen LogP contribution in [0.4, 0.5) is 0 Å². The Morgan fingerprint density at radius 1 is 1.18 bits per heavy atom. The smallest absolute Gasteiger partial charge is 0.219 e. The molecule has 2 aromatic rings. The van der Waals surface area contributed by atoms with E-state index in [2.05, 4.69) is 31.8 Å². The number of hydrogen-bond acceptors (Lipinski definition) is 2. The minimum absolute atomic E-state index is 0.0987. The van der Waals surface area contributed by atoms with E-state index in [1.54, 1.807) is 6.20 Å². The van der Waals surface area contributed by atoms with Crippen LogP contribution in [0, 0.1) is 6.07 Å². The Bertz CT molecular complexity index is 486. The molecular formula is C15H16NO. The first-order valence-corrected chi connectivity index (χ1v) is 5.67. The lowest BCUT2D eigenvalue weighted by molar-refractivity contribution is 0.458. The summed E-state index contributed by atoms with van der Waals surface area (Å²) in [4.78, 5) is 4.21. The van der Waals surface area contributed by atoms with E-state index >= 15 is 0 Å². The second-order valence-electron chi connectivity index (χ2n) is 4.96. The third kappa shape index (κ3) is 3.06. The molecule has 2 rings (SSSR count). The maximum Gasteiger partial charge on any atom is 0.219 e.